The van der Waals surface area contributed by atoms with Crippen molar-refractivity contribution in [3.8, 4) is 5.75 Å². The Hall–Kier alpha value is -2.14. The largest absolute Gasteiger partial charge is 0.489 e. The Morgan fingerprint density at radius 3 is 2.75 bits per heavy atom. The quantitative estimate of drug-likeness (QED) is 0.606. The molecule has 0 atom stereocenters. The lowest BCUT2D eigenvalue weighted by molar-refractivity contribution is -0.400. The molecule has 4 nitrogen and oxygen atoms in total. The summed E-state index contributed by atoms with van der Waals surface area (Å²) in [4.78, 5) is 9.79. The van der Waals surface area contributed by atoms with E-state index in [0.29, 0.717) is 12.4 Å². The number of benzene rings is 2. The van der Waals surface area contributed by atoms with Crippen LogP contribution in [0.15, 0.2) is 59.2 Å². The van der Waals surface area contributed by atoms with Crippen molar-refractivity contribution >= 4 is 22.0 Å². The first-order valence-corrected chi connectivity index (χ1v) is 6.72. The number of nitro groups is 1. The van der Waals surface area contributed by atoms with Gasteiger partial charge in [0.15, 0.2) is 0 Å². The maximum absolute atomic E-state index is 10.3. The van der Waals surface area contributed by atoms with E-state index in [1.54, 1.807) is 18.2 Å². The smallest absolute Gasteiger partial charge is 0.235 e. The van der Waals surface area contributed by atoms with Crippen LogP contribution in [0.1, 0.15) is 11.1 Å². The topological polar surface area (TPSA) is 52.4 Å². The Bertz CT molecular complexity index is 641. The Kier molecular flexibility index (Phi) is 4.90. The fourth-order valence-corrected chi connectivity index (χ4v) is 2.09. The number of hydrogen-bond donors (Lipinski definition) is 0. The Morgan fingerprint density at radius 1 is 1.20 bits per heavy atom. The van der Waals surface area contributed by atoms with Gasteiger partial charge in [0.1, 0.15) is 12.4 Å². The second-order valence-electron chi connectivity index (χ2n) is 4.09. The van der Waals surface area contributed by atoms with E-state index in [0.717, 1.165) is 21.8 Å². The second-order valence-corrected chi connectivity index (χ2v) is 5.01. The van der Waals surface area contributed by atoms with Gasteiger partial charge in [0.2, 0.25) is 6.20 Å². The lowest BCUT2D eigenvalue weighted by atomic mass is 10.2. The Morgan fingerprint density at radius 2 is 2.00 bits per heavy atom. The fraction of sp³-hybridized carbons (Fsp3) is 0.0667. The highest BCUT2D eigenvalue weighted by molar-refractivity contribution is 9.10. The zero-order valence-corrected chi connectivity index (χ0v) is 12.1. The normalized spacial score (nSPS) is 10.7. The highest BCUT2D eigenvalue weighted by Gasteiger charge is 1.98. The van der Waals surface area contributed by atoms with E-state index in [1.165, 1.54) is 6.08 Å². The molecule has 0 aliphatic rings. The average molecular weight is 334 g/mol. The van der Waals surface area contributed by atoms with Gasteiger partial charge in [-0.15, -0.1) is 0 Å². The predicted molar refractivity (Wildman–Crippen MR) is 80.9 cm³/mol. The third kappa shape index (κ3) is 4.51. The minimum Gasteiger partial charge on any atom is -0.489 e. The molecule has 5 heteroatoms. The van der Waals surface area contributed by atoms with Gasteiger partial charge in [-0.25, -0.2) is 0 Å². The first kappa shape index (κ1) is 14.3. The van der Waals surface area contributed by atoms with Crippen LogP contribution in [-0.4, -0.2) is 4.92 Å². The molecule has 102 valence electrons. The van der Waals surface area contributed by atoms with Gasteiger partial charge < -0.3 is 4.74 Å². The van der Waals surface area contributed by atoms with Crippen LogP contribution in [0, 0.1) is 10.1 Å². The first-order valence-electron chi connectivity index (χ1n) is 5.92. The molecule has 0 spiro atoms. The Balaban J connectivity index is 2.03. The average Bonchev–Trinajstić information content (AvgIpc) is 2.43. The van der Waals surface area contributed by atoms with Crippen LogP contribution in [-0.2, 0) is 6.61 Å². The molecule has 0 radical (unpaired) electrons. The summed E-state index contributed by atoms with van der Waals surface area (Å²) < 4.78 is 6.67. The maximum atomic E-state index is 10.3. The molecule has 2 aromatic carbocycles. The molecule has 0 aliphatic carbocycles. The fourth-order valence-electron chi connectivity index (χ4n) is 1.65. The first-order chi connectivity index (χ1) is 9.63. The molecule has 0 heterocycles. The molecule has 0 unspecified atom stereocenters. The summed E-state index contributed by atoms with van der Waals surface area (Å²) in [7, 11) is 0. The van der Waals surface area contributed by atoms with E-state index in [1.807, 2.05) is 30.3 Å². The van der Waals surface area contributed by atoms with Gasteiger partial charge in [0.25, 0.3) is 0 Å². The van der Waals surface area contributed by atoms with Crippen LogP contribution >= 0.6 is 15.9 Å². The zero-order valence-electron chi connectivity index (χ0n) is 10.5. The lowest BCUT2D eigenvalue weighted by Crippen LogP contribution is -1.95. The standard InChI is InChI=1S/C15H12BrNO3/c16-14-5-1-4-13(9-14)11-20-15-6-2-3-12(10-15)7-8-17(18)19/h1-10H,11H2/b8-7+. The van der Waals surface area contributed by atoms with Crippen LogP contribution in [0.4, 0.5) is 0 Å². The summed E-state index contributed by atoms with van der Waals surface area (Å²) in [5.41, 5.74) is 1.78. The van der Waals surface area contributed by atoms with Gasteiger partial charge in [-0.2, -0.15) is 0 Å². The molecule has 0 saturated carbocycles. The van der Waals surface area contributed by atoms with Crippen molar-refractivity contribution in [3.63, 3.8) is 0 Å². The van der Waals surface area contributed by atoms with E-state index >= 15 is 0 Å². The van der Waals surface area contributed by atoms with E-state index in [4.69, 9.17) is 4.74 Å². The molecule has 0 aromatic heterocycles. The third-order valence-electron chi connectivity index (χ3n) is 2.54. The molecule has 0 bridgehead atoms. The molecule has 0 aliphatic heterocycles. The van der Waals surface area contributed by atoms with Crippen molar-refractivity contribution in [1.29, 1.82) is 0 Å². The molecule has 0 N–H and O–H groups in total. The van der Waals surface area contributed by atoms with Gasteiger partial charge in [-0.3, -0.25) is 10.1 Å². The van der Waals surface area contributed by atoms with E-state index in [9.17, 15) is 10.1 Å². The van der Waals surface area contributed by atoms with Crippen molar-refractivity contribution in [2.45, 2.75) is 6.61 Å². The monoisotopic (exact) mass is 333 g/mol. The predicted octanol–water partition coefficient (Wildman–Crippen LogP) is 4.28. The van der Waals surface area contributed by atoms with E-state index in [-0.39, 0.29) is 0 Å². The minimum atomic E-state index is -0.491. The maximum Gasteiger partial charge on any atom is 0.235 e. The van der Waals surface area contributed by atoms with Crippen LogP contribution in [0.3, 0.4) is 0 Å². The summed E-state index contributed by atoms with van der Waals surface area (Å²) in [6, 6.07) is 15.0. The number of nitrogens with zero attached hydrogens (tertiary/aromatic N) is 1. The summed E-state index contributed by atoms with van der Waals surface area (Å²) in [6.45, 7) is 0.446. The van der Waals surface area contributed by atoms with Gasteiger partial charge >= 0.3 is 0 Å². The van der Waals surface area contributed by atoms with Crippen LogP contribution < -0.4 is 4.74 Å². The number of rotatable bonds is 5. The molecule has 0 fully saturated rings. The van der Waals surface area contributed by atoms with Crippen LogP contribution in [0.2, 0.25) is 0 Å². The SMILES string of the molecule is O=[N+]([O-])/C=C/c1cccc(OCc2cccc(Br)c2)c1. The molecular formula is C15H12BrNO3. The molecular weight excluding hydrogens is 322 g/mol. The number of halogens is 1. The summed E-state index contributed by atoms with van der Waals surface area (Å²) in [5, 5.41) is 10.3. The van der Waals surface area contributed by atoms with Crippen molar-refractivity contribution < 1.29 is 9.66 Å². The van der Waals surface area contributed by atoms with Crippen molar-refractivity contribution in [1.82, 2.24) is 0 Å². The highest BCUT2D eigenvalue weighted by atomic mass is 79.9. The number of ether oxygens (including phenoxy) is 1. The minimum absolute atomic E-state index is 0.446. The van der Waals surface area contributed by atoms with Crippen LogP contribution in [0.25, 0.3) is 6.08 Å². The van der Waals surface area contributed by atoms with Gasteiger partial charge in [-0.05, 0) is 35.4 Å². The second kappa shape index (κ2) is 6.86. The number of hydrogen-bond acceptors (Lipinski definition) is 3. The van der Waals surface area contributed by atoms with Gasteiger partial charge in [-0.1, -0.05) is 40.2 Å². The van der Waals surface area contributed by atoms with E-state index < -0.39 is 4.92 Å². The summed E-state index contributed by atoms with van der Waals surface area (Å²) >= 11 is 3.41. The summed E-state index contributed by atoms with van der Waals surface area (Å²) in [6.07, 6.45) is 2.35. The van der Waals surface area contributed by atoms with Gasteiger partial charge in [0.05, 0.1) is 4.92 Å². The van der Waals surface area contributed by atoms with Crippen molar-refractivity contribution in [3.05, 3.63) is 80.4 Å². The summed E-state index contributed by atoms with van der Waals surface area (Å²) in [5.74, 6) is 0.676. The van der Waals surface area contributed by atoms with Gasteiger partial charge in [0, 0.05) is 10.5 Å². The molecule has 0 saturated heterocycles. The molecule has 20 heavy (non-hydrogen) atoms. The van der Waals surface area contributed by atoms with Crippen molar-refractivity contribution in [2.75, 3.05) is 0 Å². The zero-order chi connectivity index (χ0) is 14.4. The van der Waals surface area contributed by atoms with Crippen molar-refractivity contribution in [2.24, 2.45) is 0 Å². The molecule has 2 aromatic rings. The van der Waals surface area contributed by atoms with E-state index in [2.05, 4.69) is 15.9 Å². The lowest BCUT2D eigenvalue weighted by Gasteiger charge is -2.07. The highest BCUT2D eigenvalue weighted by Crippen LogP contribution is 2.17. The molecule has 0 amide bonds. The Labute approximate surface area is 125 Å². The van der Waals surface area contributed by atoms with Crippen LogP contribution in [0.5, 0.6) is 5.75 Å². The molecule has 2 rings (SSSR count). The third-order valence-corrected chi connectivity index (χ3v) is 3.03.